The monoisotopic (exact) mass is 266 g/mol. The van der Waals surface area contributed by atoms with Crippen molar-refractivity contribution in [1.82, 2.24) is 0 Å². The van der Waals surface area contributed by atoms with E-state index in [1.165, 1.54) is 23.5 Å². The van der Waals surface area contributed by atoms with Crippen LogP contribution in [-0.2, 0) is 6.61 Å². The van der Waals surface area contributed by atoms with Gasteiger partial charge in [0, 0.05) is 10.4 Å². The summed E-state index contributed by atoms with van der Waals surface area (Å²) >= 11 is 1.19. The molecule has 0 atom stereocenters. The number of hydrogen-bond acceptors (Lipinski definition) is 3. The minimum Gasteiger partial charge on any atom is -0.486 e. The highest BCUT2D eigenvalue weighted by Gasteiger charge is 2.12. The SMILES string of the molecule is Cc1sc(C(=O)O)cc1COc1ccccc1F. The second kappa shape index (κ2) is 5.18. The summed E-state index contributed by atoms with van der Waals surface area (Å²) in [6, 6.07) is 7.68. The maximum absolute atomic E-state index is 13.3. The summed E-state index contributed by atoms with van der Waals surface area (Å²) in [6.45, 7) is 1.98. The van der Waals surface area contributed by atoms with E-state index in [0.717, 1.165) is 10.4 Å². The molecule has 0 fully saturated rings. The van der Waals surface area contributed by atoms with E-state index in [0.29, 0.717) is 0 Å². The van der Waals surface area contributed by atoms with Crippen LogP contribution in [0.2, 0.25) is 0 Å². The number of carboxylic acid groups (broad SMARTS) is 1. The van der Waals surface area contributed by atoms with Crippen LogP contribution in [-0.4, -0.2) is 11.1 Å². The molecule has 0 amide bonds. The maximum atomic E-state index is 13.3. The molecule has 0 bridgehead atoms. The molecule has 2 rings (SSSR count). The van der Waals surface area contributed by atoms with Crippen molar-refractivity contribution in [2.24, 2.45) is 0 Å². The van der Waals surface area contributed by atoms with Crippen molar-refractivity contribution in [2.75, 3.05) is 0 Å². The van der Waals surface area contributed by atoms with Crippen LogP contribution in [0.5, 0.6) is 5.75 Å². The molecule has 94 valence electrons. The minimum absolute atomic E-state index is 0.163. The van der Waals surface area contributed by atoms with Gasteiger partial charge >= 0.3 is 5.97 Å². The Morgan fingerprint density at radius 3 is 2.78 bits per heavy atom. The summed E-state index contributed by atoms with van der Waals surface area (Å²) in [6.07, 6.45) is 0. The summed E-state index contributed by atoms with van der Waals surface area (Å²) in [7, 11) is 0. The van der Waals surface area contributed by atoms with Gasteiger partial charge in [-0.25, -0.2) is 9.18 Å². The third-order valence-electron chi connectivity index (χ3n) is 2.45. The number of ether oxygens (including phenoxy) is 1. The quantitative estimate of drug-likeness (QED) is 0.921. The van der Waals surface area contributed by atoms with Crippen LogP contribution in [0.1, 0.15) is 20.1 Å². The fourth-order valence-electron chi connectivity index (χ4n) is 1.49. The topological polar surface area (TPSA) is 46.5 Å². The Bertz CT molecular complexity index is 577. The van der Waals surface area contributed by atoms with Gasteiger partial charge in [0.1, 0.15) is 11.5 Å². The van der Waals surface area contributed by atoms with E-state index < -0.39 is 11.8 Å². The highest BCUT2D eigenvalue weighted by atomic mass is 32.1. The number of benzene rings is 1. The van der Waals surface area contributed by atoms with Gasteiger partial charge in [-0.05, 0) is 25.1 Å². The molecular weight excluding hydrogens is 255 g/mol. The van der Waals surface area contributed by atoms with Crippen molar-refractivity contribution >= 4 is 17.3 Å². The molecule has 0 spiro atoms. The number of halogens is 1. The van der Waals surface area contributed by atoms with Gasteiger partial charge in [0.25, 0.3) is 0 Å². The van der Waals surface area contributed by atoms with Gasteiger partial charge < -0.3 is 9.84 Å². The van der Waals surface area contributed by atoms with Crippen LogP contribution in [0, 0.1) is 12.7 Å². The number of rotatable bonds is 4. The second-order valence-corrected chi connectivity index (χ2v) is 4.97. The average molecular weight is 266 g/mol. The van der Waals surface area contributed by atoms with Crippen molar-refractivity contribution in [3.63, 3.8) is 0 Å². The molecule has 18 heavy (non-hydrogen) atoms. The lowest BCUT2D eigenvalue weighted by atomic mass is 10.2. The first-order valence-corrected chi connectivity index (χ1v) is 6.09. The summed E-state index contributed by atoms with van der Waals surface area (Å²) in [5.74, 6) is -1.22. The van der Waals surface area contributed by atoms with E-state index >= 15 is 0 Å². The molecule has 2 aromatic rings. The molecule has 0 saturated carbocycles. The van der Waals surface area contributed by atoms with Crippen LogP contribution in [0.15, 0.2) is 30.3 Å². The van der Waals surface area contributed by atoms with Crippen molar-refractivity contribution in [1.29, 1.82) is 0 Å². The number of thiophene rings is 1. The zero-order valence-corrected chi connectivity index (χ0v) is 10.5. The maximum Gasteiger partial charge on any atom is 0.345 e. The molecule has 0 aliphatic carbocycles. The number of carboxylic acids is 1. The predicted octanol–water partition coefficient (Wildman–Crippen LogP) is 3.47. The Kier molecular flexibility index (Phi) is 3.62. The minimum atomic E-state index is -0.958. The predicted molar refractivity (Wildman–Crippen MR) is 66.7 cm³/mol. The van der Waals surface area contributed by atoms with Crippen molar-refractivity contribution < 1.29 is 19.0 Å². The summed E-state index contributed by atoms with van der Waals surface area (Å²) in [5, 5.41) is 8.86. The van der Waals surface area contributed by atoms with E-state index in [2.05, 4.69) is 0 Å². The van der Waals surface area contributed by atoms with E-state index in [-0.39, 0.29) is 17.2 Å². The second-order valence-electron chi connectivity index (χ2n) is 3.72. The fraction of sp³-hybridized carbons (Fsp3) is 0.154. The Labute approximate surface area is 107 Å². The van der Waals surface area contributed by atoms with Crippen molar-refractivity contribution in [2.45, 2.75) is 13.5 Å². The first-order chi connectivity index (χ1) is 8.58. The molecule has 0 saturated heterocycles. The zero-order chi connectivity index (χ0) is 13.1. The molecule has 0 radical (unpaired) electrons. The van der Waals surface area contributed by atoms with E-state index in [4.69, 9.17) is 9.84 Å². The Morgan fingerprint density at radius 2 is 2.17 bits per heavy atom. The number of para-hydroxylation sites is 1. The van der Waals surface area contributed by atoms with Crippen molar-refractivity contribution in [3.8, 4) is 5.75 Å². The Morgan fingerprint density at radius 1 is 1.44 bits per heavy atom. The van der Waals surface area contributed by atoms with Crippen LogP contribution in [0.4, 0.5) is 4.39 Å². The summed E-state index contributed by atoms with van der Waals surface area (Å²) in [5.41, 5.74) is 0.764. The molecule has 1 aromatic heterocycles. The van der Waals surface area contributed by atoms with Crippen LogP contribution in [0.3, 0.4) is 0 Å². The first-order valence-electron chi connectivity index (χ1n) is 5.28. The normalized spacial score (nSPS) is 10.3. The Hall–Kier alpha value is -1.88. The van der Waals surface area contributed by atoms with Gasteiger partial charge in [-0.1, -0.05) is 12.1 Å². The molecule has 0 aliphatic rings. The lowest BCUT2D eigenvalue weighted by Crippen LogP contribution is -1.97. The fourth-order valence-corrected chi connectivity index (χ4v) is 2.35. The van der Waals surface area contributed by atoms with E-state index in [1.54, 1.807) is 18.2 Å². The molecule has 0 unspecified atom stereocenters. The highest BCUT2D eigenvalue weighted by molar-refractivity contribution is 7.14. The molecule has 3 nitrogen and oxygen atoms in total. The van der Waals surface area contributed by atoms with Crippen LogP contribution in [0.25, 0.3) is 0 Å². The molecule has 0 aliphatic heterocycles. The van der Waals surface area contributed by atoms with Gasteiger partial charge in [-0.3, -0.25) is 0 Å². The smallest absolute Gasteiger partial charge is 0.345 e. The number of hydrogen-bond donors (Lipinski definition) is 1. The third kappa shape index (κ3) is 2.68. The van der Waals surface area contributed by atoms with Gasteiger partial charge in [0.15, 0.2) is 11.6 Å². The third-order valence-corrected chi connectivity index (χ3v) is 3.53. The number of aryl methyl sites for hydroxylation is 1. The van der Waals surface area contributed by atoms with E-state index in [9.17, 15) is 9.18 Å². The summed E-state index contributed by atoms with van der Waals surface area (Å²) in [4.78, 5) is 11.9. The molecule has 1 N–H and O–H groups in total. The number of aromatic carboxylic acids is 1. The largest absolute Gasteiger partial charge is 0.486 e. The van der Waals surface area contributed by atoms with Gasteiger partial charge in [0.2, 0.25) is 0 Å². The molecule has 5 heteroatoms. The van der Waals surface area contributed by atoms with Gasteiger partial charge in [-0.15, -0.1) is 11.3 Å². The standard InChI is InChI=1S/C13H11FO3S/c1-8-9(6-12(18-8)13(15)16)7-17-11-5-3-2-4-10(11)14/h2-6H,7H2,1H3,(H,15,16). The summed E-state index contributed by atoms with van der Waals surface area (Å²) < 4.78 is 18.6. The lowest BCUT2D eigenvalue weighted by Gasteiger charge is -2.06. The van der Waals surface area contributed by atoms with Gasteiger partial charge in [0.05, 0.1) is 0 Å². The molecular formula is C13H11FO3S. The van der Waals surface area contributed by atoms with Crippen LogP contribution >= 0.6 is 11.3 Å². The van der Waals surface area contributed by atoms with Crippen LogP contribution < -0.4 is 4.74 Å². The first kappa shape index (κ1) is 12.6. The zero-order valence-electron chi connectivity index (χ0n) is 9.64. The highest BCUT2D eigenvalue weighted by Crippen LogP contribution is 2.24. The van der Waals surface area contributed by atoms with Gasteiger partial charge in [-0.2, -0.15) is 0 Å². The average Bonchev–Trinajstić information content (AvgIpc) is 2.70. The number of carbonyl (C=O) groups is 1. The lowest BCUT2D eigenvalue weighted by molar-refractivity contribution is 0.0702. The van der Waals surface area contributed by atoms with Crippen molar-refractivity contribution in [3.05, 3.63) is 51.5 Å². The molecule has 1 aromatic carbocycles. The Balaban J connectivity index is 2.11. The van der Waals surface area contributed by atoms with E-state index in [1.807, 2.05) is 6.92 Å². The molecule has 1 heterocycles.